The van der Waals surface area contributed by atoms with E-state index in [1.165, 1.54) is 0 Å². The predicted molar refractivity (Wildman–Crippen MR) is 193 cm³/mol. The van der Waals surface area contributed by atoms with Crippen molar-refractivity contribution in [2.45, 2.75) is 21.5 Å². The number of hydrogen-bond acceptors (Lipinski definition) is 4. The Bertz CT molecular complexity index is 2260. The van der Waals surface area contributed by atoms with Gasteiger partial charge in [-0.15, -0.1) is 0 Å². The summed E-state index contributed by atoms with van der Waals surface area (Å²) in [5, 5.41) is 3.51. The SMILES string of the molecule is C[Si](C)=[Ti]([O]C(=O)c1cccc2ccccc12)([O]C(=O)c1cccc2ccccc12)([CH]1C=Cc2ccccc21)[CH]1C=Cc2ccccc21. The Morgan fingerprint density at radius 3 is 1.38 bits per heavy atom. The number of carbonyl (C=O) groups excluding carboxylic acids is 2. The first-order chi connectivity index (χ1) is 23.4. The van der Waals surface area contributed by atoms with Gasteiger partial charge in [0.1, 0.15) is 0 Å². The summed E-state index contributed by atoms with van der Waals surface area (Å²) in [5.74, 6) is -0.896. The molecule has 0 saturated carbocycles. The molecule has 4 nitrogen and oxygen atoms in total. The molecule has 2 atom stereocenters. The van der Waals surface area contributed by atoms with E-state index in [0.717, 1.165) is 43.8 Å². The van der Waals surface area contributed by atoms with Gasteiger partial charge < -0.3 is 0 Å². The number of fused-ring (bicyclic) bond motifs is 4. The molecule has 0 radical (unpaired) electrons. The van der Waals surface area contributed by atoms with Crippen molar-refractivity contribution in [1.82, 2.24) is 0 Å². The van der Waals surface area contributed by atoms with Crippen molar-refractivity contribution in [3.05, 3.63) is 179 Å². The van der Waals surface area contributed by atoms with Crippen LogP contribution >= 0.6 is 0 Å². The molecule has 0 bridgehead atoms. The molecule has 234 valence electrons. The van der Waals surface area contributed by atoms with Gasteiger partial charge >= 0.3 is 283 Å². The molecule has 0 aliphatic heterocycles. The molecular formula is C42H34O4SiTi. The molecule has 8 rings (SSSR count). The van der Waals surface area contributed by atoms with Gasteiger partial charge in [-0.05, 0) is 0 Å². The molecule has 2 aliphatic rings. The quantitative estimate of drug-likeness (QED) is 0.165. The second-order valence-corrected chi connectivity index (χ2v) is 30.1. The maximum absolute atomic E-state index is 15.1. The van der Waals surface area contributed by atoms with Crippen LogP contribution in [0.5, 0.6) is 0 Å². The molecule has 2 unspecified atom stereocenters. The molecule has 48 heavy (non-hydrogen) atoms. The number of hydrogen-bond donors (Lipinski definition) is 0. The van der Waals surface area contributed by atoms with Gasteiger partial charge in [0.15, 0.2) is 0 Å². The Hall–Kier alpha value is -4.81. The summed E-state index contributed by atoms with van der Waals surface area (Å²) >= 11 is -5.63. The average molecular weight is 679 g/mol. The van der Waals surface area contributed by atoms with E-state index in [1.54, 1.807) is 0 Å². The monoisotopic (exact) mass is 678 g/mol. The van der Waals surface area contributed by atoms with Crippen molar-refractivity contribution in [3.63, 3.8) is 0 Å². The van der Waals surface area contributed by atoms with Crippen molar-refractivity contribution >= 4 is 51.8 Å². The van der Waals surface area contributed by atoms with Crippen LogP contribution < -0.4 is 0 Å². The molecule has 0 saturated heterocycles. The van der Waals surface area contributed by atoms with E-state index in [1.807, 2.05) is 109 Å². The normalized spacial score (nSPS) is 16.5. The van der Waals surface area contributed by atoms with E-state index in [2.05, 4.69) is 61.7 Å². The van der Waals surface area contributed by atoms with Crippen LogP contribution in [0.25, 0.3) is 33.7 Å². The Labute approximate surface area is 282 Å². The van der Waals surface area contributed by atoms with E-state index in [9.17, 15) is 0 Å². The van der Waals surface area contributed by atoms with Crippen LogP contribution in [-0.4, -0.2) is 18.1 Å². The fraction of sp³-hybridized carbons (Fsp3) is 0.0952. The van der Waals surface area contributed by atoms with Crippen molar-refractivity contribution in [3.8, 4) is 0 Å². The average Bonchev–Trinajstić information content (AvgIpc) is 3.77. The number of benzene rings is 6. The molecule has 6 aromatic carbocycles. The van der Waals surface area contributed by atoms with Crippen molar-refractivity contribution in [2.24, 2.45) is 0 Å². The Balaban J connectivity index is 1.45. The van der Waals surface area contributed by atoms with E-state index in [-0.39, 0.29) is 0 Å². The summed E-state index contributed by atoms with van der Waals surface area (Å²) in [5.41, 5.74) is 5.12. The molecular weight excluding hydrogens is 644 g/mol. The minimum absolute atomic E-state index is 0.402. The molecule has 6 aromatic rings. The van der Waals surface area contributed by atoms with E-state index < -0.39 is 41.4 Å². The van der Waals surface area contributed by atoms with E-state index in [4.69, 9.17) is 6.64 Å². The van der Waals surface area contributed by atoms with Crippen molar-refractivity contribution in [2.75, 3.05) is 0 Å². The van der Waals surface area contributed by atoms with Crippen LogP contribution in [0.15, 0.2) is 146 Å². The first-order valence-electron chi connectivity index (χ1n) is 16.3. The van der Waals surface area contributed by atoms with Crippen LogP contribution in [-0.2, 0) is 21.5 Å². The number of allylic oxidation sites excluding steroid dienone is 2. The fourth-order valence-corrected chi connectivity index (χ4v) is 27.4. The van der Waals surface area contributed by atoms with Gasteiger partial charge in [-0.3, -0.25) is 0 Å². The molecule has 0 fully saturated rings. The van der Waals surface area contributed by atoms with Gasteiger partial charge in [0.25, 0.3) is 0 Å². The van der Waals surface area contributed by atoms with Gasteiger partial charge in [-0.25, -0.2) is 0 Å². The fourth-order valence-electron chi connectivity index (χ4n) is 8.05. The number of rotatable bonds is 6. The van der Waals surface area contributed by atoms with Crippen molar-refractivity contribution in [1.29, 1.82) is 0 Å². The van der Waals surface area contributed by atoms with Gasteiger partial charge in [0.05, 0.1) is 0 Å². The molecule has 6 heteroatoms. The summed E-state index contributed by atoms with van der Waals surface area (Å²) in [4.78, 5) is 30.1. The van der Waals surface area contributed by atoms with Gasteiger partial charge in [-0.1, -0.05) is 0 Å². The second-order valence-electron chi connectivity index (χ2n) is 13.0. The zero-order valence-corrected chi connectivity index (χ0v) is 29.4. The third-order valence-electron chi connectivity index (χ3n) is 10.4. The molecule has 0 amide bonds. The van der Waals surface area contributed by atoms with Crippen LogP contribution in [0, 0.1) is 0 Å². The van der Waals surface area contributed by atoms with Crippen LogP contribution in [0.1, 0.15) is 51.4 Å². The number of carbonyl (C=O) groups is 2. The molecule has 0 heterocycles. The summed E-state index contributed by atoms with van der Waals surface area (Å²) in [6.45, 7) is 4.36. The van der Waals surface area contributed by atoms with Crippen LogP contribution in [0.4, 0.5) is 0 Å². The van der Waals surface area contributed by atoms with Crippen LogP contribution in [0.3, 0.4) is 0 Å². The Morgan fingerprint density at radius 1 is 0.521 bits per heavy atom. The second kappa shape index (κ2) is 11.7. The molecule has 0 aromatic heterocycles. The minimum atomic E-state index is -5.63. The zero-order chi connectivity index (χ0) is 32.9. The van der Waals surface area contributed by atoms with Crippen LogP contribution in [0.2, 0.25) is 13.1 Å². The Kier molecular flexibility index (Phi) is 7.44. The topological polar surface area (TPSA) is 52.6 Å². The first kappa shape index (κ1) is 30.5. The van der Waals surface area contributed by atoms with Gasteiger partial charge in [0, 0.05) is 0 Å². The van der Waals surface area contributed by atoms with Gasteiger partial charge in [0.2, 0.25) is 0 Å². The molecule has 0 N–H and O–H groups in total. The summed E-state index contributed by atoms with van der Waals surface area (Å²) in [6, 6.07) is 43.6. The molecule has 0 spiro atoms. The summed E-state index contributed by atoms with van der Waals surface area (Å²) in [7, 11) is 0. The summed E-state index contributed by atoms with van der Waals surface area (Å²) < 4.78 is 14.0. The summed E-state index contributed by atoms with van der Waals surface area (Å²) in [6.07, 6.45) is 6.77. The molecule has 2 aliphatic carbocycles. The zero-order valence-electron chi connectivity index (χ0n) is 26.8. The third-order valence-corrected chi connectivity index (χ3v) is 32.1. The standard InChI is InChI=1S/2C11H8O2.2C9H7.C2H6Si.Ti/c2*12-11(13)10-7-3-5-8-4-1-2-6-9(8)10;2*1-2-5-9-7-3-6-8(9)4-1;1-3-2;/h2*1-7H,(H,12,13);2*1-7H;1-2H3;/q;;;;;+2/p-2. The van der Waals surface area contributed by atoms with Crippen molar-refractivity contribution < 1.29 is 31.0 Å². The van der Waals surface area contributed by atoms with Gasteiger partial charge in [-0.2, -0.15) is 0 Å². The van der Waals surface area contributed by atoms with E-state index >= 15 is 9.59 Å². The third kappa shape index (κ3) is 4.53. The maximum atomic E-state index is 15.1. The Morgan fingerprint density at radius 2 is 0.917 bits per heavy atom. The predicted octanol–water partition coefficient (Wildman–Crippen LogP) is 10.3. The van der Waals surface area contributed by atoms with E-state index in [0.29, 0.717) is 11.1 Å². The first-order valence-corrected chi connectivity index (χ1v) is 24.3.